The molecule has 1 unspecified atom stereocenters. The van der Waals surface area contributed by atoms with Crippen LogP contribution >= 0.6 is 23.4 Å². The number of nitrogens with zero attached hydrogens (tertiary/aromatic N) is 4. The topological polar surface area (TPSA) is 51.0 Å². The molecule has 0 fully saturated rings. The van der Waals surface area contributed by atoms with Crippen LogP contribution in [0, 0.1) is 0 Å². The lowest BCUT2D eigenvalue weighted by Crippen LogP contribution is -2.45. The molecular formula is C18H25ClN4OS. The fourth-order valence-corrected chi connectivity index (χ4v) is 3.79. The Morgan fingerprint density at radius 3 is 2.16 bits per heavy atom. The number of hydrogen-bond acceptors (Lipinski definition) is 4. The van der Waals surface area contributed by atoms with Crippen LogP contribution in [0.25, 0.3) is 11.4 Å². The summed E-state index contributed by atoms with van der Waals surface area (Å²) in [5.41, 5.74) is 0.941. The van der Waals surface area contributed by atoms with Crippen molar-refractivity contribution in [1.29, 1.82) is 0 Å². The summed E-state index contributed by atoms with van der Waals surface area (Å²) >= 11 is 7.37. The highest BCUT2D eigenvalue weighted by Crippen LogP contribution is 2.27. The second-order valence-electron chi connectivity index (χ2n) is 6.57. The van der Waals surface area contributed by atoms with Crippen LogP contribution in [0.15, 0.2) is 29.4 Å². The van der Waals surface area contributed by atoms with Gasteiger partial charge in [0, 0.05) is 29.7 Å². The summed E-state index contributed by atoms with van der Waals surface area (Å²) in [5, 5.41) is 9.70. The molecule has 1 aromatic heterocycles. The van der Waals surface area contributed by atoms with Crippen LogP contribution in [0.3, 0.4) is 0 Å². The molecule has 5 nitrogen and oxygen atoms in total. The quantitative estimate of drug-likeness (QED) is 0.702. The van der Waals surface area contributed by atoms with E-state index in [-0.39, 0.29) is 23.2 Å². The number of hydrogen-bond donors (Lipinski definition) is 0. The number of carbonyl (C=O) groups is 1. The monoisotopic (exact) mass is 380 g/mol. The first-order valence-corrected chi connectivity index (χ1v) is 9.62. The van der Waals surface area contributed by atoms with Gasteiger partial charge >= 0.3 is 0 Å². The van der Waals surface area contributed by atoms with E-state index in [0.29, 0.717) is 5.02 Å². The molecule has 0 radical (unpaired) electrons. The highest BCUT2D eigenvalue weighted by Gasteiger charge is 2.27. The van der Waals surface area contributed by atoms with Crippen LogP contribution in [-0.4, -0.2) is 42.9 Å². The average molecular weight is 381 g/mol. The van der Waals surface area contributed by atoms with Crippen molar-refractivity contribution in [1.82, 2.24) is 19.7 Å². The SMILES string of the molecule is CC(Sc1nnc(-c2ccc(Cl)cc2)n1C)C(=O)N(C(C)C)C(C)C. The molecule has 0 saturated carbocycles. The van der Waals surface area contributed by atoms with Crippen molar-refractivity contribution in [2.75, 3.05) is 0 Å². The summed E-state index contributed by atoms with van der Waals surface area (Å²) < 4.78 is 1.91. The second-order valence-corrected chi connectivity index (χ2v) is 8.31. The zero-order valence-corrected chi connectivity index (χ0v) is 17.1. The van der Waals surface area contributed by atoms with Gasteiger partial charge in [0.25, 0.3) is 0 Å². The van der Waals surface area contributed by atoms with Crippen LogP contribution in [0.1, 0.15) is 34.6 Å². The standard InChI is InChI=1S/C18H25ClN4OS/c1-11(2)23(12(3)4)17(24)13(5)25-18-21-20-16(22(18)6)14-7-9-15(19)10-8-14/h7-13H,1-6H3. The highest BCUT2D eigenvalue weighted by atomic mass is 35.5. The molecule has 1 amide bonds. The molecule has 0 aliphatic heterocycles. The van der Waals surface area contributed by atoms with Crippen molar-refractivity contribution in [2.24, 2.45) is 7.05 Å². The molecule has 1 aromatic carbocycles. The van der Waals surface area contributed by atoms with E-state index < -0.39 is 0 Å². The van der Waals surface area contributed by atoms with Crippen LogP contribution in [0.5, 0.6) is 0 Å². The van der Waals surface area contributed by atoms with E-state index in [1.807, 2.05) is 75.4 Å². The normalized spacial score (nSPS) is 12.7. The number of benzene rings is 1. The third-order valence-corrected chi connectivity index (χ3v) is 5.31. The molecule has 1 heterocycles. The van der Waals surface area contributed by atoms with E-state index in [0.717, 1.165) is 16.5 Å². The van der Waals surface area contributed by atoms with Crippen molar-refractivity contribution in [2.45, 2.75) is 57.1 Å². The maximum absolute atomic E-state index is 12.8. The Kier molecular flexibility index (Phi) is 6.52. The van der Waals surface area contributed by atoms with Gasteiger partial charge in [-0.15, -0.1) is 10.2 Å². The molecule has 1 atom stereocenters. The highest BCUT2D eigenvalue weighted by molar-refractivity contribution is 8.00. The number of carbonyl (C=O) groups excluding carboxylic acids is 1. The smallest absolute Gasteiger partial charge is 0.236 e. The number of amides is 1. The van der Waals surface area contributed by atoms with Crippen LogP contribution in [0.2, 0.25) is 5.02 Å². The lowest BCUT2D eigenvalue weighted by molar-refractivity contribution is -0.133. The van der Waals surface area contributed by atoms with Crippen LogP contribution in [-0.2, 0) is 11.8 Å². The molecule has 0 saturated heterocycles. The lowest BCUT2D eigenvalue weighted by atomic mass is 10.2. The van der Waals surface area contributed by atoms with Gasteiger partial charge in [0.1, 0.15) is 0 Å². The maximum Gasteiger partial charge on any atom is 0.236 e. The largest absolute Gasteiger partial charge is 0.337 e. The van der Waals surface area contributed by atoms with Crippen molar-refractivity contribution in [3.05, 3.63) is 29.3 Å². The minimum atomic E-state index is -0.231. The Bertz CT molecular complexity index is 719. The first kappa shape index (κ1) is 19.8. The molecule has 2 aromatic rings. The fourth-order valence-electron chi connectivity index (χ4n) is 2.79. The predicted molar refractivity (Wildman–Crippen MR) is 104 cm³/mol. The summed E-state index contributed by atoms with van der Waals surface area (Å²) in [7, 11) is 1.91. The summed E-state index contributed by atoms with van der Waals surface area (Å²) in [4.78, 5) is 14.7. The zero-order chi connectivity index (χ0) is 18.7. The summed E-state index contributed by atoms with van der Waals surface area (Å²) in [6.45, 7) is 10.1. The van der Waals surface area contributed by atoms with Crippen molar-refractivity contribution in [3.8, 4) is 11.4 Å². The van der Waals surface area contributed by atoms with E-state index in [1.165, 1.54) is 11.8 Å². The molecule has 0 N–H and O–H groups in total. The molecular weight excluding hydrogens is 356 g/mol. The summed E-state index contributed by atoms with van der Waals surface area (Å²) in [6, 6.07) is 7.81. The van der Waals surface area contributed by atoms with Gasteiger partial charge in [-0.3, -0.25) is 4.79 Å². The van der Waals surface area contributed by atoms with Gasteiger partial charge in [0.05, 0.1) is 5.25 Å². The van der Waals surface area contributed by atoms with E-state index in [4.69, 9.17) is 11.6 Å². The first-order chi connectivity index (χ1) is 11.7. The van der Waals surface area contributed by atoms with Gasteiger partial charge in [0.15, 0.2) is 11.0 Å². The number of aromatic nitrogens is 3. The number of thioether (sulfide) groups is 1. The van der Waals surface area contributed by atoms with Gasteiger partial charge in [-0.25, -0.2) is 0 Å². The third kappa shape index (κ3) is 4.55. The van der Waals surface area contributed by atoms with Crippen molar-refractivity contribution >= 4 is 29.3 Å². The lowest BCUT2D eigenvalue weighted by Gasteiger charge is -2.32. The Morgan fingerprint density at radius 2 is 1.64 bits per heavy atom. The van der Waals surface area contributed by atoms with E-state index in [9.17, 15) is 4.79 Å². The van der Waals surface area contributed by atoms with Crippen molar-refractivity contribution < 1.29 is 4.79 Å². The predicted octanol–water partition coefficient (Wildman–Crippen LogP) is 4.26. The third-order valence-electron chi connectivity index (χ3n) is 3.93. The number of rotatable bonds is 6. The molecule has 136 valence electrons. The zero-order valence-electron chi connectivity index (χ0n) is 15.5. The molecule has 7 heteroatoms. The van der Waals surface area contributed by atoms with Gasteiger partial charge in [-0.1, -0.05) is 23.4 Å². The Balaban J connectivity index is 2.18. The Hall–Kier alpha value is -1.53. The molecule has 0 aliphatic rings. The Labute approximate surface area is 158 Å². The Morgan fingerprint density at radius 1 is 1.08 bits per heavy atom. The van der Waals surface area contributed by atoms with Gasteiger partial charge in [0.2, 0.25) is 5.91 Å². The summed E-state index contributed by atoms with van der Waals surface area (Å²) in [5.74, 6) is 0.870. The van der Waals surface area contributed by atoms with Crippen molar-refractivity contribution in [3.63, 3.8) is 0 Å². The first-order valence-electron chi connectivity index (χ1n) is 8.36. The van der Waals surface area contributed by atoms with Crippen LogP contribution < -0.4 is 0 Å². The van der Waals surface area contributed by atoms with E-state index in [2.05, 4.69) is 10.2 Å². The second kappa shape index (κ2) is 8.23. The summed E-state index contributed by atoms with van der Waals surface area (Å²) in [6.07, 6.45) is 0. The number of halogens is 1. The molecule has 0 aliphatic carbocycles. The molecule has 0 bridgehead atoms. The maximum atomic E-state index is 12.8. The van der Waals surface area contributed by atoms with Gasteiger partial charge in [-0.2, -0.15) is 0 Å². The average Bonchev–Trinajstić information content (AvgIpc) is 2.88. The molecule has 0 spiro atoms. The van der Waals surface area contributed by atoms with E-state index >= 15 is 0 Å². The molecule has 2 rings (SSSR count). The van der Waals surface area contributed by atoms with Crippen LogP contribution in [0.4, 0.5) is 0 Å². The van der Waals surface area contributed by atoms with Gasteiger partial charge < -0.3 is 9.47 Å². The molecule has 25 heavy (non-hydrogen) atoms. The fraction of sp³-hybridized carbons (Fsp3) is 0.500. The van der Waals surface area contributed by atoms with E-state index in [1.54, 1.807) is 0 Å². The minimum absolute atomic E-state index is 0.117. The van der Waals surface area contributed by atoms with Gasteiger partial charge in [-0.05, 0) is 58.9 Å². The minimum Gasteiger partial charge on any atom is -0.337 e.